The molecule has 0 aromatic rings. The van der Waals surface area contributed by atoms with Crippen LogP contribution in [-0.4, -0.2) is 50.0 Å². The van der Waals surface area contributed by atoms with E-state index in [9.17, 15) is 9.59 Å². The normalized spacial score (nSPS) is 11.9. The highest BCUT2D eigenvalue weighted by molar-refractivity contribution is 5.77. The third kappa shape index (κ3) is 4.78. The van der Waals surface area contributed by atoms with Crippen LogP contribution in [0.4, 0.5) is 0 Å². The molecule has 0 aliphatic carbocycles. The van der Waals surface area contributed by atoms with Gasteiger partial charge in [-0.05, 0) is 6.92 Å². The van der Waals surface area contributed by atoms with Crippen molar-refractivity contribution in [3.63, 3.8) is 0 Å². The minimum atomic E-state index is -0.885. The fraction of sp³-hybridized carbons (Fsp3) is 0.750. The zero-order chi connectivity index (χ0) is 11.0. The van der Waals surface area contributed by atoms with Crippen LogP contribution in [0.25, 0.3) is 0 Å². The fourth-order valence-electron chi connectivity index (χ4n) is 0.783. The van der Waals surface area contributed by atoms with Gasteiger partial charge in [0.15, 0.2) is 0 Å². The van der Waals surface area contributed by atoms with Gasteiger partial charge in [0.25, 0.3) is 0 Å². The summed E-state index contributed by atoms with van der Waals surface area (Å²) in [5.41, 5.74) is 0. The second kappa shape index (κ2) is 7.28. The monoisotopic (exact) mass is 205 g/mol. The van der Waals surface area contributed by atoms with Crippen molar-refractivity contribution in [2.45, 2.75) is 13.0 Å². The van der Waals surface area contributed by atoms with E-state index in [-0.39, 0.29) is 13.2 Å². The van der Waals surface area contributed by atoms with Crippen molar-refractivity contribution in [1.82, 2.24) is 5.32 Å². The Morgan fingerprint density at radius 1 is 1.50 bits per heavy atom. The Bertz CT molecular complexity index is 194. The lowest BCUT2D eigenvalue weighted by Crippen LogP contribution is -2.43. The van der Waals surface area contributed by atoms with E-state index in [1.165, 1.54) is 7.11 Å². The first-order chi connectivity index (χ1) is 6.65. The van der Waals surface area contributed by atoms with E-state index in [4.69, 9.17) is 5.11 Å². The van der Waals surface area contributed by atoms with Crippen molar-refractivity contribution < 1.29 is 24.2 Å². The van der Waals surface area contributed by atoms with Crippen molar-refractivity contribution in [1.29, 1.82) is 0 Å². The molecule has 6 nitrogen and oxygen atoms in total. The standard InChI is InChI=1S/C8H15NO5/c1-3-14-7(11)4-9-6(5-10)8(12)13-2/h6,9-10H,3-5H2,1-2H3/t6-/m0/s1. The van der Waals surface area contributed by atoms with Crippen LogP contribution < -0.4 is 5.32 Å². The molecule has 0 aliphatic heterocycles. The van der Waals surface area contributed by atoms with Crippen LogP contribution in [0.1, 0.15) is 6.92 Å². The summed E-state index contributed by atoms with van der Waals surface area (Å²) in [6.45, 7) is 1.41. The van der Waals surface area contributed by atoms with Crippen molar-refractivity contribution in [2.75, 3.05) is 26.9 Å². The summed E-state index contributed by atoms with van der Waals surface area (Å²) >= 11 is 0. The predicted molar refractivity (Wildman–Crippen MR) is 47.5 cm³/mol. The summed E-state index contributed by atoms with van der Waals surface area (Å²) < 4.78 is 9.00. The van der Waals surface area contributed by atoms with Gasteiger partial charge in [-0.15, -0.1) is 0 Å². The number of rotatable bonds is 6. The average molecular weight is 205 g/mol. The van der Waals surface area contributed by atoms with E-state index in [0.717, 1.165) is 0 Å². The molecule has 0 heterocycles. The lowest BCUT2D eigenvalue weighted by Gasteiger charge is -2.12. The number of hydrogen-bond donors (Lipinski definition) is 2. The smallest absolute Gasteiger partial charge is 0.325 e. The molecule has 0 rings (SSSR count). The van der Waals surface area contributed by atoms with Crippen LogP contribution >= 0.6 is 0 Å². The molecule has 0 aromatic heterocycles. The second-order valence-electron chi connectivity index (χ2n) is 2.44. The number of carbonyl (C=O) groups excluding carboxylic acids is 2. The number of ether oxygens (including phenoxy) is 2. The molecule has 0 aliphatic rings. The first-order valence-electron chi connectivity index (χ1n) is 4.23. The van der Waals surface area contributed by atoms with Crippen LogP contribution in [0.15, 0.2) is 0 Å². The number of aliphatic hydroxyl groups is 1. The van der Waals surface area contributed by atoms with Crippen LogP contribution in [0, 0.1) is 0 Å². The molecule has 82 valence electrons. The summed E-state index contributed by atoms with van der Waals surface area (Å²) in [6.07, 6.45) is 0. The quantitative estimate of drug-likeness (QED) is 0.523. The highest BCUT2D eigenvalue weighted by Gasteiger charge is 2.18. The summed E-state index contributed by atoms with van der Waals surface area (Å²) in [5, 5.41) is 11.3. The molecule has 0 bridgehead atoms. The van der Waals surface area contributed by atoms with Gasteiger partial charge in [-0.3, -0.25) is 14.9 Å². The maximum atomic E-state index is 10.9. The van der Waals surface area contributed by atoms with E-state index < -0.39 is 24.6 Å². The van der Waals surface area contributed by atoms with Gasteiger partial charge in [0.1, 0.15) is 6.04 Å². The first-order valence-corrected chi connectivity index (χ1v) is 4.23. The molecule has 6 heteroatoms. The number of esters is 2. The molecule has 2 N–H and O–H groups in total. The maximum absolute atomic E-state index is 10.9. The predicted octanol–water partition coefficient (Wildman–Crippen LogP) is -1.33. The number of carbonyl (C=O) groups is 2. The molecular weight excluding hydrogens is 190 g/mol. The lowest BCUT2D eigenvalue weighted by atomic mass is 10.3. The van der Waals surface area contributed by atoms with Crippen molar-refractivity contribution in [3.05, 3.63) is 0 Å². The highest BCUT2D eigenvalue weighted by atomic mass is 16.5. The van der Waals surface area contributed by atoms with Crippen LogP contribution in [0.5, 0.6) is 0 Å². The SMILES string of the molecule is CCOC(=O)CN[C@@H](CO)C(=O)OC. The van der Waals surface area contributed by atoms with Gasteiger partial charge in [-0.1, -0.05) is 0 Å². The van der Waals surface area contributed by atoms with Crippen LogP contribution in [0.3, 0.4) is 0 Å². The molecule has 0 spiro atoms. The first kappa shape index (κ1) is 12.9. The number of aliphatic hydroxyl groups excluding tert-OH is 1. The second-order valence-corrected chi connectivity index (χ2v) is 2.44. The molecule has 14 heavy (non-hydrogen) atoms. The zero-order valence-corrected chi connectivity index (χ0v) is 8.28. The number of nitrogens with one attached hydrogen (secondary N) is 1. The summed E-state index contributed by atoms with van der Waals surface area (Å²) in [7, 11) is 1.21. The molecule has 1 atom stereocenters. The molecule has 0 radical (unpaired) electrons. The number of methoxy groups -OCH3 is 1. The largest absolute Gasteiger partial charge is 0.468 e. The average Bonchev–Trinajstić information content (AvgIpc) is 2.18. The Kier molecular flexibility index (Phi) is 6.69. The van der Waals surface area contributed by atoms with E-state index in [1.807, 2.05) is 0 Å². The van der Waals surface area contributed by atoms with Crippen molar-refractivity contribution in [2.24, 2.45) is 0 Å². The van der Waals surface area contributed by atoms with Crippen molar-refractivity contribution >= 4 is 11.9 Å². The molecule has 0 unspecified atom stereocenters. The van der Waals surface area contributed by atoms with E-state index >= 15 is 0 Å². The Labute approximate surface area is 82.2 Å². The highest BCUT2D eigenvalue weighted by Crippen LogP contribution is 1.86. The maximum Gasteiger partial charge on any atom is 0.325 e. The zero-order valence-electron chi connectivity index (χ0n) is 8.28. The van der Waals surface area contributed by atoms with Gasteiger partial charge in [-0.2, -0.15) is 0 Å². The Hall–Kier alpha value is -1.14. The van der Waals surface area contributed by atoms with Gasteiger partial charge in [-0.25, -0.2) is 0 Å². The third-order valence-corrected chi connectivity index (χ3v) is 1.47. The summed E-state index contributed by atoms with van der Waals surface area (Å²) in [5.74, 6) is -1.09. The topological polar surface area (TPSA) is 84.9 Å². The third-order valence-electron chi connectivity index (χ3n) is 1.47. The van der Waals surface area contributed by atoms with Crippen LogP contribution in [-0.2, 0) is 19.1 Å². The molecule has 0 saturated heterocycles. The Morgan fingerprint density at radius 2 is 2.14 bits per heavy atom. The molecular formula is C8H15NO5. The summed E-state index contributed by atoms with van der Waals surface area (Å²) in [4.78, 5) is 21.8. The Morgan fingerprint density at radius 3 is 2.57 bits per heavy atom. The van der Waals surface area contributed by atoms with Crippen molar-refractivity contribution in [3.8, 4) is 0 Å². The summed E-state index contributed by atoms with van der Waals surface area (Å²) in [6, 6.07) is -0.885. The van der Waals surface area contributed by atoms with Crippen LogP contribution in [0.2, 0.25) is 0 Å². The minimum absolute atomic E-state index is 0.131. The fourth-order valence-corrected chi connectivity index (χ4v) is 0.783. The Balaban J connectivity index is 3.83. The van der Waals surface area contributed by atoms with Gasteiger partial charge < -0.3 is 14.6 Å². The lowest BCUT2D eigenvalue weighted by molar-refractivity contribution is -0.145. The molecule has 0 amide bonds. The molecule has 0 fully saturated rings. The van der Waals surface area contributed by atoms with Gasteiger partial charge in [0.05, 0.1) is 26.9 Å². The minimum Gasteiger partial charge on any atom is -0.468 e. The van der Waals surface area contributed by atoms with E-state index in [2.05, 4.69) is 14.8 Å². The van der Waals surface area contributed by atoms with Gasteiger partial charge in [0, 0.05) is 0 Å². The van der Waals surface area contributed by atoms with Gasteiger partial charge >= 0.3 is 11.9 Å². The van der Waals surface area contributed by atoms with Gasteiger partial charge in [0.2, 0.25) is 0 Å². The van der Waals surface area contributed by atoms with E-state index in [1.54, 1.807) is 6.92 Å². The van der Waals surface area contributed by atoms with E-state index in [0.29, 0.717) is 0 Å². The number of hydrogen-bond acceptors (Lipinski definition) is 6. The molecule has 0 aromatic carbocycles. The molecule has 0 saturated carbocycles.